The molecule has 4 heteroatoms. The first-order chi connectivity index (χ1) is 9.19. The van der Waals surface area contributed by atoms with Crippen LogP contribution in [-0.4, -0.2) is 6.61 Å². The molecule has 0 radical (unpaired) electrons. The predicted molar refractivity (Wildman–Crippen MR) is 81.4 cm³/mol. The molecule has 0 bridgehead atoms. The van der Waals surface area contributed by atoms with Gasteiger partial charge in [-0.25, -0.2) is 0 Å². The molecular formula is C15H15Cl2NO. The van der Waals surface area contributed by atoms with Crippen LogP contribution in [0.15, 0.2) is 42.5 Å². The van der Waals surface area contributed by atoms with Gasteiger partial charge in [0.2, 0.25) is 0 Å². The lowest BCUT2D eigenvalue weighted by molar-refractivity contribution is 0.340. The average Bonchev–Trinajstić information content (AvgIpc) is 2.42. The van der Waals surface area contributed by atoms with Crippen LogP contribution in [0.25, 0.3) is 0 Å². The van der Waals surface area contributed by atoms with Gasteiger partial charge in [0.1, 0.15) is 5.75 Å². The highest BCUT2D eigenvalue weighted by molar-refractivity contribution is 6.42. The second kappa shape index (κ2) is 6.69. The minimum absolute atomic E-state index is 0.554. The number of anilines is 1. The highest BCUT2D eigenvalue weighted by Crippen LogP contribution is 2.25. The maximum absolute atomic E-state index is 5.96. The van der Waals surface area contributed by atoms with Crippen LogP contribution in [0.5, 0.6) is 5.75 Å². The Kier molecular flexibility index (Phi) is 4.94. The zero-order valence-electron chi connectivity index (χ0n) is 10.6. The van der Waals surface area contributed by atoms with Crippen molar-refractivity contribution in [2.24, 2.45) is 0 Å². The van der Waals surface area contributed by atoms with E-state index in [1.807, 2.05) is 43.3 Å². The van der Waals surface area contributed by atoms with Crippen LogP contribution in [0.3, 0.4) is 0 Å². The molecule has 0 aromatic heterocycles. The molecule has 0 heterocycles. The molecule has 0 aliphatic rings. The van der Waals surface area contributed by atoms with Gasteiger partial charge in [0, 0.05) is 12.2 Å². The van der Waals surface area contributed by atoms with Crippen molar-refractivity contribution in [1.82, 2.24) is 0 Å². The van der Waals surface area contributed by atoms with Gasteiger partial charge in [0.05, 0.1) is 16.7 Å². The van der Waals surface area contributed by atoms with E-state index < -0.39 is 0 Å². The molecular weight excluding hydrogens is 281 g/mol. The largest absolute Gasteiger partial charge is 0.494 e. The van der Waals surface area contributed by atoms with Gasteiger partial charge in [-0.1, -0.05) is 35.3 Å². The van der Waals surface area contributed by atoms with Gasteiger partial charge in [-0.2, -0.15) is 0 Å². The van der Waals surface area contributed by atoms with Crippen LogP contribution in [0, 0.1) is 0 Å². The van der Waals surface area contributed by atoms with Gasteiger partial charge in [0.15, 0.2) is 0 Å². The maximum atomic E-state index is 5.96. The molecule has 0 spiro atoms. The lowest BCUT2D eigenvalue weighted by Gasteiger charge is -2.08. The van der Waals surface area contributed by atoms with Gasteiger partial charge in [-0.15, -0.1) is 0 Å². The number of hydrogen-bond donors (Lipinski definition) is 1. The Morgan fingerprint density at radius 2 is 1.74 bits per heavy atom. The monoisotopic (exact) mass is 295 g/mol. The van der Waals surface area contributed by atoms with E-state index in [9.17, 15) is 0 Å². The third-order valence-electron chi connectivity index (χ3n) is 2.65. The summed E-state index contributed by atoms with van der Waals surface area (Å²) in [6.45, 7) is 3.38. The van der Waals surface area contributed by atoms with Crippen LogP contribution in [0.1, 0.15) is 12.5 Å². The molecule has 0 fully saturated rings. The first kappa shape index (κ1) is 14.0. The molecule has 0 amide bonds. The van der Waals surface area contributed by atoms with Crippen molar-refractivity contribution in [3.05, 3.63) is 58.1 Å². The van der Waals surface area contributed by atoms with Gasteiger partial charge < -0.3 is 10.1 Å². The third-order valence-corrected chi connectivity index (χ3v) is 3.39. The number of benzene rings is 2. The van der Waals surface area contributed by atoms with Gasteiger partial charge in [-0.05, 0) is 42.8 Å². The van der Waals surface area contributed by atoms with Crippen LogP contribution in [0.4, 0.5) is 5.69 Å². The molecule has 0 unspecified atom stereocenters. The van der Waals surface area contributed by atoms with Crippen molar-refractivity contribution >= 4 is 28.9 Å². The van der Waals surface area contributed by atoms with E-state index in [1.165, 1.54) is 5.56 Å². The molecule has 2 rings (SSSR count). The smallest absolute Gasteiger partial charge is 0.119 e. The van der Waals surface area contributed by atoms with E-state index in [0.29, 0.717) is 16.7 Å². The number of hydrogen-bond acceptors (Lipinski definition) is 2. The second-order valence-corrected chi connectivity index (χ2v) is 4.87. The van der Waals surface area contributed by atoms with E-state index in [-0.39, 0.29) is 0 Å². The Balaban J connectivity index is 1.96. The fourth-order valence-corrected chi connectivity index (χ4v) is 1.98. The molecule has 19 heavy (non-hydrogen) atoms. The Morgan fingerprint density at radius 1 is 1.00 bits per heavy atom. The Hall–Kier alpha value is -1.38. The second-order valence-electron chi connectivity index (χ2n) is 4.06. The molecule has 0 saturated carbocycles. The zero-order valence-corrected chi connectivity index (χ0v) is 12.1. The minimum atomic E-state index is 0.554. The maximum Gasteiger partial charge on any atom is 0.119 e. The highest BCUT2D eigenvalue weighted by atomic mass is 35.5. The van der Waals surface area contributed by atoms with Crippen molar-refractivity contribution in [3.63, 3.8) is 0 Å². The minimum Gasteiger partial charge on any atom is -0.494 e. The first-order valence-corrected chi connectivity index (χ1v) is 6.85. The quantitative estimate of drug-likeness (QED) is 0.838. The Morgan fingerprint density at radius 3 is 2.37 bits per heavy atom. The summed E-state index contributed by atoms with van der Waals surface area (Å²) < 4.78 is 5.40. The number of nitrogens with one attached hydrogen (secondary N) is 1. The topological polar surface area (TPSA) is 21.3 Å². The molecule has 0 aliphatic heterocycles. The van der Waals surface area contributed by atoms with Crippen LogP contribution in [0.2, 0.25) is 10.0 Å². The average molecular weight is 296 g/mol. The number of halogens is 2. The molecule has 0 atom stereocenters. The molecule has 0 aliphatic carbocycles. The molecule has 2 aromatic carbocycles. The molecule has 2 aromatic rings. The summed E-state index contributed by atoms with van der Waals surface area (Å²) in [5, 5.41) is 4.41. The third kappa shape index (κ3) is 4.05. The summed E-state index contributed by atoms with van der Waals surface area (Å²) in [6, 6.07) is 13.5. The summed E-state index contributed by atoms with van der Waals surface area (Å²) in [6.07, 6.45) is 0. The van der Waals surface area contributed by atoms with Crippen molar-refractivity contribution in [2.75, 3.05) is 11.9 Å². The molecule has 100 valence electrons. The van der Waals surface area contributed by atoms with Gasteiger partial charge >= 0.3 is 0 Å². The normalized spacial score (nSPS) is 10.3. The summed E-state index contributed by atoms with van der Waals surface area (Å²) in [5.74, 6) is 0.890. The highest BCUT2D eigenvalue weighted by Gasteiger charge is 2.00. The Bertz CT molecular complexity index is 540. The predicted octanol–water partition coefficient (Wildman–Crippen LogP) is 5.00. The van der Waals surface area contributed by atoms with E-state index in [2.05, 4.69) is 5.32 Å². The van der Waals surface area contributed by atoms with Crippen molar-refractivity contribution in [1.29, 1.82) is 0 Å². The zero-order chi connectivity index (χ0) is 13.7. The SMILES string of the molecule is CCOc1ccc(CNc2ccc(Cl)c(Cl)c2)cc1. The lowest BCUT2D eigenvalue weighted by Crippen LogP contribution is -1.99. The summed E-state index contributed by atoms with van der Waals surface area (Å²) in [4.78, 5) is 0. The standard InChI is InChI=1S/C15H15Cl2NO/c1-2-19-13-6-3-11(4-7-13)10-18-12-5-8-14(16)15(17)9-12/h3-9,18H,2,10H2,1H3. The van der Waals surface area contributed by atoms with Crippen LogP contribution >= 0.6 is 23.2 Å². The van der Waals surface area contributed by atoms with Crippen molar-refractivity contribution in [2.45, 2.75) is 13.5 Å². The van der Waals surface area contributed by atoms with Crippen molar-refractivity contribution in [3.8, 4) is 5.75 Å². The molecule has 1 N–H and O–H groups in total. The van der Waals surface area contributed by atoms with E-state index in [1.54, 1.807) is 6.07 Å². The van der Waals surface area contributed by atoms with Gasteiger partial charge in [-0.3, -0.25) is 0 Å². The molecule has 0 saturated heterocycles. The van der Waals surface area contributed by atoms with Crippen LogP contribution < -0.4 is 10.1 Å². The van der Waals surface area contributed by atoms with E-state index in [0.717, 1.165) is 18.0 Å². The van der Waals surface area contributed by atoms with E-state index in [4.69, 9.17) is 27.9 Å². The van der Waals surface area contributed by atoms with Crippen molar-refractivity contribution < 1.29 is 4.74 Å². The summed E-state index contributed by atoms with van der Waals surface area (Å²) in [5.41, 5.74) is 2.12. The van der Waals surface area contributed by atoms with E-state index >= 15 is 0 Å². The summed E-state index contributed by atoms with van der Waals surface area (Å²) >= 11 is 11.8. The fraction of sp³-hybridized carbons (Fsp3) is 0.200. The fourth-order valence-electron chi connectivity index (χ4n) is 1.68. The number of rotatable bonds is 5. The molecule has 2 nitrogen and oxygen atoms in total. The van der Waals surface area contributed by atoms with Crippen LogP contribution in [-0.2, 0) is 6.54 Å². The first-order valence-electron chi connectivity index (χ1n) is 6.09. The lowest BCUT2D eigenvalue weighted by atomic mass is 10.2. The Labute approximate surface area is 123 Å². The number of ether oxygens (including phenoxy) is 1. The van der Waals surface area contributed by atoms with Gasteiger partial charge in [0.25, 0.3) is 0 Å². The summed E-state index contributed by atoms with van der Waals surface area (Å²) in [7, 11) is 0.